The highest BCUT2D eigenvalue weighted by molar-refractivity contribution is 5.80. The quantitative estimate of drug-likeness (QED) is 0.553. The van der Waals surface area contributed by atoms with E-state index in [4.69, 9.17) is 0 Å². The van der Waals surface area contributed by atoms with E-state index in [1.807, 2.05) is 7.05 Å². The number of benzene rings is 2. The fourth-order valence-corrected chi connectivity index (χ4v) is 4.91. The van der Waals surface area contributed by atoms with Crippen molar-refractivity contribution in [3.8, 4) is 0 Å². The Morgan fingerprint density at radius 3 is 2.45 bits per heavy atom. The van der Waals surface area contributed by atoms with Crippen LogP contribution in [0.25, 0.3) is 0 Å². The Morgan fingerprint density at radius 1 is 1.00 bits per heavy atom. The van der Waals surface area contributed by atoms with Crippen molar-refractivity contribution in [1.29, 1.82) is 0 Å². The molecule has 3 atom stereocenters. The second-order valence-electron chi connectivity index (χ2n) is 9.06. The van der Waals surface area contributed by atoms with Crippen LogP contribution in [0.15, 0.2) is 65.7 Å². The van der Waals surface area contributed by atoms with Crippen molar-refractivity contribution in [2.45, 2.75) is 44.8 Å². The molecule has 3 unspecified atom stereocenters. The van der Waals surface area contributed by atoms with Crippen LogP contribution in [0.4, 0.5) is 5.69 Å². The van der Waals surface area contributed by atoms with Gasteiger partial charge in [-0.2, -0.15) is 0 Å². The molecule has 31 heavy (non-hydrogen) atoms. The zero-order valence-corrected chi connectivity index (χ0v) is 19.0. The number of guanidine groups is 1. The van der Waals surface area contributed by atoms with E-state index in [-0.39, 0.29) is 0 Å². The van der Waals surface area contributed by atoms with Crippen LogP contribution in [0.1, 0.15) is 31.7 Å². The summed E-state index contributed by atoms with van der Waals surface area (Å²) in [6.45, 7) is 7.75. The highest BCUT2D eigenvalue weighted by atomic mass is 15.2. The third-order valence-electron chi connectivity index (χ3n) is 6.77. The largest absolute Gasteiger partial charge is 0.371 e. The van der Waals surface area contributed by atoms with Crippen LogP contribution in [0.3, 0.4) is 0 Å². The number of aliphatic imine (C=N–C) groups is 1. The molecule has 4 rings (SSSR count). The molecule has 0 aromatic heterocycles. The summed E-state index contributed by atoms with van der Waals surface area (Å²) in [5.74, 6) is 1.61. The molecule has 5 heteroatoms. The maximum atomic E-state index is 4.50. The molecule has 2 aliphatic rings. The van der Waals surface area contributed by atoms with Gasteiger partial charge in [-0.15, -0.1) is 0 Å². The van der Waals surface area contributed by atoms with Gasteiger partial charge in [-0.25, -0.2) is 0 Å². The van der Waals surface area contributed by atoms with Crippen molar-refractivity contribution < 1.29 is 0 Å². The summed E-state index contributed by atoms with van der Waals surface area (Å²) in [6.07, 6.45) is 3.54. The van der Waals surface area contributed by atoms with E-state index >= 15 is 0 Å². The number of likely N-dealkylation sites (tertiary alicyclic amines) is 1. The molecular formula is C26H37N5. The molecule has 2 heterocycles. The maximum Gasteiger partial charge on any atom is 0.191 e. The first-order valence-corrected chi connectivity index (χ1v) is 11.8. The fraction of sp³-hybridized carbons (Fsp3) is 0.500. The van der Waals surface area contributed by atoms with Crippen LogP contribution in [0.5, 0.6) is 0 Å². The maximum absolute atomic E-state index is 4.50. The summed E-state index contributed by atoms with van der Waals surface area (Å²) >= 11 is 0. The number of rotatable bonds is 6. The van der Waals surface area contributed by atoms with Gasteiger partial charge in [0, 0.05) is 57.5 Å². The number of hydrogen-bond acceptors (Lipinski definition) is 3. The lowest BCUT2D eigenvalue weighted by Gasteiger charge is -2.38. The van der Waals surface area contributed by atoms with Crippen molar-refractivity contribution in [3.05, 3.63) is 66.2 Å². The molecule has 2 aromatic rings. The number of para-hydroxylation sites is 1. The van der Waals surface area contributed by atoms with Crippen molar-refractivity contribution in [2.24, 2.45) is 10.9 Å². The molecule has 2 N–H and O–H groups in total. The average molecular weight is 420 g/mol. The fourth-order valence-electron chi connectivity index (χ4n) is 4.91. The lowest BCUT2D eigenvalue weighted by molar-refractivity contribution is 0.134. The molecule has 166 valence electrons. The molecule has 0 aliphatic carbocycles. The molecule has 2 saturated heterocycles. The van der Waals surface area contributed by atoms with Crippen LogP contribution < -0.4 is 15.5 Å². The van der Waals surface area contributed by atoms with Crippen LogP contribution in [0, 0.1) is 5.92 Å². The normalized spacial score (nSPS) is 24.9. The molecule has 0 amide bonds. The van der Waals surface area contributed by atoms with Gasteiger partial charge in [0.1, 0.15) is 0 Å². The zero-order valence-electron chi connectivity index (χ0n) is 19.0. The summed E-state index contributed by atoms with van der Waals surface area (Å²) < 4.78 is 0. The molecule has 5 nitrogen and oxygen atoms in total. The van der Waals surface area contributed by atoms with Gasteiger partial charge in [-0.3, -0.25) is 9.89 Å². The smallest absolute Gasteiger partial charge is 0.191 e. The summed E-state index contributed by atoms with van der Waals surface area (Å²) in [4.78, 5) is 9.59. The van der Waals surface area contributed by atoms with Crippen molar-refractivity contribution in [2.75, 3.05) is 38.1 Å². The minimum atomic E-state index is 0.484. The second kappa shape index (κ2) is 10.7. The minimum absolute atomic E-state index is 0.484. The summed E-state index contributed by atoms with van der Waals surface area (Å²) in [6, 6.07) is 22.6. The van der Waals surface area contributed by atoms with Gasteiger partial charge in [-0.1, -0.05) is 48.5 Å². The number of nitrogens with one attached hydrogen (secondary N) is 2. The minimum Gasteiger partial charge on any atom is -0.371 e. The van der Waals surface area contributed by atoms with Gasteiger partial charge in [-0.05, 0) is 49.8 Å². The number of nitrogens with zero attached hydrogens (tertiary/aromatic N) is 3. The van der Waals surface area contributed by atoms with Crippen LogP contribution in [0.2, 0.25) is 0 Å². The third kappa shape index (κ3) is 6.01. The molecule has 0 spiro atoms. The molecular weight excluding hydrogens is 382 g/mol. The number of anilines is 1. The SMILES string of the molecule is CN=C(NCC1CCN(c2ccccc2)C1)NC1CCN(Cc2ccccc2)C(C)C1. The van der Waals surface area contributed by atoms with E-state index in [0.29, 0.717) is 18.0 Å². The lowest BCUT2D eigenvalue weighted by Crippen LogP contribution is -2.51. The lowest BCUT2D eigenvalue weighted by atomic mass is 9.97. The molecule has 2 aromatic carbocycles. The number of piperidine rings is 1. The van der Waals surface area contributed by atoms with E-state index < -0.39 is 0 Å². The number of hydrogen-bond donors (Lipinski definition) is 2. The molecule has 2 fully saturated rings. The first-order valence-electron chi connectivity index (χ1n) is 11.8. The Balaban J connectivity index is 1.20. The predicted molar refractivity (Wildman–Crippen MR) is 131 cm³/mol. The van der Waals surface area contributed by atoms with Crippen molar-refractivity contribution >= 4 is 11.6 Å². The van der Waals surface area contributed by atoms with Gasteiger partial charge in [0.2, 0.25) is 0 Å². The molecule has 0 bridgehead atoms. The van der Waals surface area contributed by atoms with E-state index in [1.165, 1.54) is 17.7 Å². The summed E-state index contributed by atoms with van der Waals surface area (Å²) in [5, 5.41) is 7.28. The average Bonchev–Trinajstić information content (AvgIpc) is 3.29. The standard InChI is InChI=1S/C26H37N5/c1-21-17-24(14-16-30(21)19-22-9-5-3-6-10-22)29-26(27-2)28-18-23-13-15-31(20-23)25-11-7-4-8-12-25/h3-12,21,23-24H,13-20H2,1-2H3,(H2,27,28,29). The van der Waals surface area contributed by atoms with Gasteiger partial charge in [0.15, 0.2) is 5.96 Å². The zero-order chi connectivity index (χ0) is 21.5. The van der Waals surface area contributed by atoms with Gasteiger partial charge < -0.3 is 15.5 Å². The van der Waals surface area contributed by atoms with E-state index in [1.54, 1.807) is 0 Å². The van der Waals surface area contributed by atoms with Crippen molar-refractivity contribution in [3.63, 3.8) is 0 Å². The Labute approximate surface area is 187 Å². The summed E-state index contributed by atoms with van der Waals surface area (Å²) in [7, 11) is 1.88. The topological polar surface area (TPSA) is 42.9 Å². The molecule has 2 aliphatic heterocycles. The Hall–Kier alpha value is -2.53. The molecule has 0 saturated carbocycles. The second-order valence-corrected chi connectivity index (χ2v) is 9.06. The Bertz CT molecular complexity index is 822. The Morgan fingerprint density at radius 2 is 1.74 bits per heavy atom. The van der Waals surface area contributed by atoms with E-state index in [9.17, 15) is 0 Å². The highest BCUT2D eigenvalue weighted by Gasteiger charge is 2.27. The van der Waals surface area contributed by atoms with Gasteiger partial charge in [0.25, 0.3) is 0 Å². The Kier molecular flexibility index (Phi) is 7.47. The van der Waals surface area contributed by atoms with Crippen molar-refractivity contribution in [1.82, 2.24) is 15.5 Å². The third-order valence-corrected chi connectivity index (χ3v) is 6.77. The first-order chi connectivity index (χ1) is 15.2. The molecule has 0 radical (unpaired) electrons. The van der Waals surface area contributed by atoms with Crippen LogP contribution in [-0.2, 0) is 6.54 Å². The van der Waals surface area contributed by atoms with E-state index in [2.05, 4.69) is 93.0 Å². The summed E-state index contributed by atoms with van der Waals surface area (Å²) in [5.41, 5.74) is 2.74. The highest BCUT2D eigenvalue weighted by Crippen LogP contribution is 2.23. The van der Waals surface area contributed by atoms with Crippen LogP contribution in [-0.4, -0.2) is 56.2 Å². The first kappa shape index (κ1) is 21.7. The van der Waals surface area contributed by atoms with Gasteiger partial charge >= 0.3 is 0 Å². The van der Waals surface area contributed by atoms with Gasteiger partial charge in [0.05, 0.1) is 0 Å². The van der Waals surface area contributed by atoms with Crippen LogP contribution >= 0.6 is 0 Å². The predicted octanol–water partition coefficient (Wildman–Crippen LogP) is 3.73. The monoisotopic (exact) mass is 419 g/mol. The van der Waals surface area contributed by atoms with E-state index in [0.717, 1.165) is 51.5 Å².